The van der Waals surface area contributed by atoms with Gasteiger partial charge in [-0.25, -0.2) is 0 Å². The van der Waals surface area contributed by atoms with Gasteiger partial charge in [0.1, 0.15) is 0 Å². The predicted octanol–water partition coefficient (Wildman–Crippen LogP) is 2.06. The SMILES string of the molecule is CCOC(C)C1(CC(=O)O)CCC1. The zero-order valence-electron chi connectivity index (χ0n) is 8.38. The Balaban J connectivity index is 2.52. The fourth-order valence-corrected chi connectivity index (χ4v) is 2.09. The zero-order valence-corrected chi connectivity index (χ0v) is 8.38. The number of carboxylic acid groups (broad SMARTS) is 1. The van der Waals surface area contributed by atoms with Crippen molar-refractivity contribution in [1.82, 2.24) is 0 Å². The van der Waals surface area contributed by atoms with Gasteiger partial charge in [-0.1, -0.05) is 6.42 Å². The van der Waals surface area contributed by atoms with E-state index in [4.69, 9.17) is 9.84 Å². The number of aliphatic carboxylic acids is 1. The van der Waals surface area contributed by atoms with Gasteiger partial charge in [0.05, 0.1) is 12.5 Å². The Labute approximate surface area is 79.1 Å². The van der Waals surface area contributed by atoms with Gasteiger partial charge in [-0.3, -0.25) is 4.79 Å². The van der Waals surface area contributed by atoms with E-state index in [2.05, 4.69) is 0 Å². The van der Waals surface area contributed by atoms with Gasteiger partial charge in [0, 0.05) is 12.0 Å². The standard InChI is InChI=1S/C10H18O3/c1-3-13-8(2)10(5-4-6-10)7-9(11)12/h8H,3-7H2,1-2H3,(H,11,12). The van der Waals surface area contributed by atoms with Gasteiger partial charge < -0.3 is 9.84 Å². The first-order valence-electron chi connectivity index (χ1n) is 4.94. The summed E-state index contributed by atoms with van der Waals surface area (Å²) in [4.78, 5) is 10.7. The summed E-state index contributed by atoms with van der Waals surface area (Å²) in [5.41, 5.74) is -0.0676. The van der Waals surface area contributed by atoms with Crippen LogP contribution in [0.5, 0.6) is 0 Å². The van der Waals surface area contributed by atoms with E-state index in [0.717, 1.165) is 19.3 Å². The predicted molar refractivity (Wildman–Crippen MR) is 49.6 cm³/mol. The van der Waals surface area contributed by atoms with Crippen LogP contribution >= 0.6 is 0 Å². The average molecular weight is 186 g/mol. The van der Waals surface area contributed by atoms with Crippen molar-refractivity contribution in [2.75, 3.05) is 6.61 Å². The number of carbonyl (C=O) groups is 1. The topological polar surface area (TPSA) is 46.5 Å². The average Bonchev–Trinajstić information content (AvgIpc) is 1.96. The van der Waals surface area contributed by atoms with Crippen molar-refractivity contribution in [1.29, 1.82) is 0 Å². The van der Waals surface area contributed by atoms with E-state index in [0.29, 0.717) is 6.61 Å². The van der Waals surface area contributed by atoms with Crippen molar-refractivity contribution in [3.8, 4) is 0 Å². The molecule has 1 unspecified atom stereocenters. The third kappa shape index (κ3) is 2.21. The number of ether oxygens (including phenoxy) is 1. The van der Waals surface area contributed by atoms with Crippen molar-refractivity contribution in [2.45, 2.75) is 45.6 Å². The lowest BCUT2D eigenvalue weighted by molar-refractivity contribution is -0.147. The van der Waals surface area contributed by atoms with Gasteiger partial charge in [-0.2, -0.15) is 0 Å². The van der Waals surface area contributed by atoms with E-state index in [9.17, 15) is 4.79 Å². The monoisotopic (exact) mass is 186 g/mol. The molecule has 0 aromatic heterocycles. The van der Waals surface area contributed by atoms with Crippen molar-refractivity contribution in [3.63, 3.8) is 0 Å². The summed E-state index contributed by atoms with van der Waals surface area (Å²) in [6.45, 7) is 4.61. The molecule has 3 heteroatoms. The lowest BCUT2D eigenvalue weighted by Gasteiger charge is -2.45. The zero-order chi connectivity index (χ0) is 9.90. The molecule has 0 aromatic carbocycles. The van der Waals surface area contributed by atoms with Crippen LogP contribution in [0.1, 0.15) is 39.5 Å². The molecule has 3 nitrogen and oxygen atoms in total. The van der Waals surface area contributed by atoms with E-state index >= 15 is 0 Å². The molecule has 0 amide bonds. The number of carboxylic acids is 1. The van der Waals surface area contributed by atoms with E-state index < -0.39 is 5.97 Å². The Morgan fingerprint density at radius 1 is 1.62 bits per heavy atom. The molecule has 1 aliphatic carbocycles. The van der Waals surface area contributed by atoms with E-state index in [-0.39, 0.29) is 17.9 Å². The van der Waals surface area contributed by atoms with Crippen LogP contribution in [0.15, 0.2) is 0 Å². The molecule has 1 fully saturated rings. The highest BCUT2D eigenvalue weighted by atomic mass is 16.5. The Kier molecular flexibility index (Phi) is 3.31. The summed E-state index contributed by atoms with van der Waals surface area (Å²) in [6.07, 6.45) is 3.49. The molecule has 0 heterocycles. The van der Waals surface area contributed by atoms with Gasteiger partial charge in [-0.15, -0.1) is 0 Å². The molecule has 1 rings (SSSR count). The lowest BCUT2D eigenvalue weighted by Crippen LogP contribution is -2.43. The van der Waals surface area contributed by atoms with Gasteiger partial charge >= 0.3 is 5.97 Å². The van der Waals surface area contributed by atoms with Crippen LogP contribution in [-0.4, -0.2) is 23.8 Å². The molecule has 0 spiro atoms. The number of hydrogen-bond acceptors (Lipinski definition) is 2. The quantitative estimate of drug-likeness (QED) is 0.714. The van der Waals surface area contributed by atoms with Crippen LogP contribution in [0.25, 0.3) is 0 Å². The van der Waals surface area contributed by atoms with Crippen LogP contribution in [0.2, 0.25) is 0 Å². The Hall–Kier alpha value is -0.570. The van der Waals surface area contributed by atoms with E-state index in [1.807, 2.05) is 13.8 Å². The molecule has 1 aliphatic rings. The molecule has 1 N–H and O–H groups in total. The van der Waals surface area contributed by atoms with Crippen molar-refractivity contribution >= 4 is 5.97 Å². The first-order valence-corrected chi connectivity index (χ1v) is 4.94. The Morgan fingerprint density at radius 2 is 2.23 bits per heavy atom. The first kappa shape index (κ1) is 10.5. The van der Waals surface area contributed by atoms with Crippen molar-refractivity contribution in [3.05, 3.63) is 0 Å². The van der Waals surface area contributed by atoms with Crippen molar-refractivity contribution in [2.24, 2.45) is 5.41 Å². The van der Waals surface area contributed by atoms with Crippen LogP contribution in [-0.2, 0) is 9.53 Å². The Morgan fingerprint density at radius 3 is 2.54 bits per heavy atom. The molecular weight excluding hydrogens is 168 g/mol. The highest BCUT2D eigenvalue weighted by molar-refractivity contribution is 5.68. The molecular formula is C10H18O3. The summed E-state index contributed by atoms with van der Waals surface area (Å²) in [6, 6.07) is 0. The fraction of sp³-hybridized carbons (Fsp3) is 0.900. The second-order valence-electron chi connectivity index (χ2n) is 3.88. The molecule has 13 heavy (non-hydrogen) atoms. The third-order valence-electron chi connectivity index (χ3n) is 3.13. The van der Waals surface area contributed by atoms with Gasteiger partial charge in [0.2, 0.25) is 0 Å². The van der Waals surface area contributed by atoms with Gasteiger partial charge in [0.15, 0.2) is 0 Å². The summed E-state index contributed by atoms with van der Waals surface area (Å²) in [7, 11) is 0. The summed E-state index contributed by atoms with van der Waals surface area (Å²) < 4.78 is 5.49. The fourth-order valence-electron chi connectivity index (χ4n) is 2.09. The minimum Gasteiger partial charge on any atom is -0.481 e. The molecule has 0 aromatic rings. The van der Waals surface area contributed by atoms with E-state index in [1.54, 1.807) is 0 Å². The minimum absolute atomic E-state index is 0.0676. The van der Waals surface area contributed by atoms with E-state index in [1.165, 1.54) is 0 Å². The van der Waals surface area contributed by atoms with Crippen LogP contribution in [0.3, 0.4) is 0 Å². The maximum absolute atomic E-state index is 10.7. The molecule has 76 valence electrons. The smallest absolute Gasteiger partial charge is 0.304 e. The highest BCUT2D eigenvalue weighted by Gasteiger charge is 2.44. The molecule has 0 aliphatic heterocycles. The van der Waals surface area contributed by atoms with Crippen molar-refractivity contribution < 1.29 is 14.6 Å². The normalized spacial score (nSPS) is 22.0. The summed E-state index contributed by atoms with van der Waals surface area (Å²) in [5, 5.41) is 8.78. The van der Waals surface area contributed by atoms with Crippen LogP contribution < -0.4 is 0 Å². The molecule has 0 bridgehead atoms. The van der Waals surface area contributed by atoms with Crippen LogP contribution in [0.4, 0.5) is 0 Å². The summed E-state index contributed by atoms with van der Waals surface area (Å²) in [5.74, 6) is -0.703. The first-order chi connectivity index (χ1) is 6.10. The maximum atomic E-state index is 10.7. The number of rotatable bonds is 5. The number of hydrogen-bond donors (Lipinski definition) is 1. The van der Waals surface area contributed by atoms with Crippen LogP contribution in [0, 0.1) is 5.41 Å². The molecule has 0 saturated heterocycles. The third-order valence-corrected chi connectivity index (χ3v) is 3.13. The molecule has 1 saturated carbocycles. The highest BCUT2D eigenvalue weighted by Crippen LogP contribution is 2.47. The van der Waals surface area contributed by atoms with Gasteiger partial charge in [-0.05, 0) is 26.7 Å². The second-order valence-corrected chi connectivity index (χ2v) is 3.88. The molecule has 1 atom stereocenters. The summed E-state index contributed by atoms with van der Waals surface area (Å²) >= 11 is 0. The second kappa shape index (κ2) is 4.09. The lowest BCUT2D eigenvalue weighted by atomic mass is 9.63. The maximum Gasteiger partial charge on any atom is 0.304 e. The Bertz CT molecular complexity index is 185. The van der Waals surface area contributed by atoms with Gasteiger partial charge in [0.25, 0.3) is 0 Å². The minimum atomic E-state index is -0.703. The largest absolute Gasteiger partial charge is 0.481 e. The molecule has 0 radical (unpaired) electrons.